The Morgan fingerprint density at radius 3 is 2.31 bits per heavy atom. The second-order valence-electron chi connectivity index (χ2n) is 8.59. The van der Waals surface area contributed by atoms with Crippen LogP contribution in [0, 0.1) is 0 Å². The van der Waals surface area contributed by atoms with E-state index in [9.17, 15) is 13.2 Å². The minimum atomic E-state index is -4.06. The molecule has 1 fully saturated rings. The fourth-order valence-electron chi connectivity index (χ4n) is 5.15. The molecular formula is C21H23N3O4S. The van der Waals surface area contributed by atoms with Crippen molar-refractivity contribution >= 4 is 21.7 Å². The monoisotopic (exact) mass is 413 g/mol. The Bertz CT molecular complexity index is 1110. The third-order valence-corrected chi connectivity index (χ3v) is 8.10. The van der Waals surface area contributed by atoms with Crippen molar-refractivity contribution in [3.63, 3.8) is 0 Å². The van der Waals surface area contributed by atoms with E-state index in [0.717, 1.165) is 79.8 Å². The van der Waals surface area contributed by atoms with Crippen LogP contribution in [0.3, 0.4) is 0 Å². The molecule has 7 nitrogen and oxygen atoms in total. The van der Waals surface area contributed by atoms with Crippen molar-refractivity contribution in [2.45, 2.75) is 56.1 Å². The number of urea groups is 1. The summed E-state index contributed by atoms with van der Waals surface area (Å²) in [6.45, 7) is 2.74. The summed E-state index contributed by atoms with van der Waals surface area (Å²) < 4.78 is 33.5. The summed E-state index contributed by atoms with van der Waals surface area (Å²) in [5, 5.41) is 2.64. The highest BCUT2D eigenvalue weighted by Crippen LogP contribution is 2.41. The van der Waals surface area contributed by atoms with Crippen LogP contribution in [0.25, 0.3) is 0 Å². The quantitative estimate of drug-likeness (QED) is 0.807. The van der Waals surface area contributed by atoms with Crippen molar-refractivity contribution < 1.29 is 17.6 Å². The number of anilines is 1. The van der Waals surface area contributed by atoms with Gasteiger partial charge in [-0.3, -0.25) is 4.90 Å². The smallest absolute Gasteiger partial charge is 0.333 e. The zero-order valence-corrected chi connectivity index (χ0v) is 16.9. The largest absolute Gasteiger partial charge is 0.447 e. The van der Waals surface area contributed by atoms with Gasteiger partial charge in [0.25, 0.3) is 10.0 Å². The molecule has 2 aliphatic carbocycles. The topological polar surface area (TPSA) is 91.7 Å². The van der Waals surface area contributed by atoms with Gasteiger partial charge in [0.15, 0.2) is 0 Å². The highest BCUT2D eigenvalue weighted by Gasteiger charge is 2.34. The second-order valence-corrected chi connectivity index (χ2v) is 10.2. The molecule has 0 unspecified atom stereocenters. The number of hydrogen-bond acceptors (Lipinski definition) is 5. The van der Waals surface area contributed by atoms with Gasteiger partial charge in [0, 0.05) is 29.8 Å². The normalized spacial score (nSPS) is 23.7. The Balaban J connectivity index is 1.24. The minimum absolute atomic E-state index is 0.166. The summed E-state index contributed by atoms with van der Waals surface area (Å²) in [7, 11) is -4.06. The molecule has 7 rings (SSSR count). The Hall–Kier alpha value is -2.32. The first-order chi connectivity index (χ1) is 14.0. The molecular weight excluding hydrogens is 390 g/mol. The number of piperidine rings is 1. The average Bonchev–Trinajstić information content (AvgIpc) is 2.90. The summed E-state index contributed by atoms with van der Waals surface area (Å²) in [5.41, 5.74) is 6.55. The Kier molecular flexibility index (Phi) is 3.68. The summed E-state index contributed by atoms with van der Waals surface area (Å²) in [5.74, 6) is 1.04. The number of furan rings is 1. The average molecular weight is 413 g/mol. The van der Waals surface area contributed by atoms with Gasteiger partial charge in [-0.25, -0.2) is 9.52 Å². The highest BCUT2D eigenvalue weighted by atomic mass is 32.2. The third-order valence-electron chi connectivity index (χ3n) is 6.92. The SMILES string of the molecule is O=C(Nc1c2c(cc3c1CC3)CC2)NS(=O)(=O)c1cc2c(o1)C1CCN(CC1)C2. The van der Waals surface area contributed by atoms with Crippen molar-refractivity contribution in [1.82, 2.24) is 9.62 Å². The molecule has 2 bridgehead atoms. The highest BCUT2D eigenvalue weighted by molar-refractivity contribution is 7.89. The van der Waals surface area contributed by atoms with Gasteiger partial charge in [-0.05, 0) is 73.9 Å². The van der Waals surface area contributed by atoms with Gasteiger partial charge >= 0.3 is 6.03 Å². The molecule has 8 heteroatoms. The van der Waals surface area contributed by atoms with E-state index in [1.54, 1.807) is 6.07 Å². The lowest BCUT2D eigenvalue weighted by molar-refractivity contribution is 0.212. The number of carbonyl (C=O) groups excluding carboxylic acids is 1. The maximum absolute atomic E-state index is 12.8. The number of nitrogens with zero attached hydrogens (tertiary/aromatic N) is 1. The molecule has 3 aliphatic heterocycles. The molecule has 5 aliphatic rings. The number of rotatable bonds is 3. The number of sulfonamides is 1. The predicted octanol–water partition coefficient (Wildman–Crippen LogP) is 2.68. The lowest BCUT2D eigenvalue weighted by Crippen LogP contribution is -2.36. The number of nitrogens with one attached hydrogen (secondary N) is 2. The van der Waals surface area contributed by atoms with E-state index in [-0.39, 0.29) is 11.0 Å². The third kappa shape index (κ3) is 2.73. The van der Waals surface area contributed by atoms with Gasteiger partial charge < -0.3 is 9.73 Å². The van der Waals surface area contributed by atoms with Crippen LogP contribution in [-0.4, -0.2) is 32.4 Å². The summed E-state index contributed by atoms with van der Waals surface area (Å²) in [6.07, 6.45) is 5.86. The minimum Gasteiger partial charge on any atom is -0.447 e. The molecule has 2 aromatic rings. The first-order valence-electron chi connectivity index (χ1n) is 10.3. The van der Waals surface area contributed by atoms with Crippen LogP contribution in [0.2, 0.25) is 0 Å². The maximum Gasteiger partial charge on any atom is 0.333 e. The molecule has 0 atom stereocenters. The van der Waals surface area contributed by atoms with Crippen molar-refractivity contribution in [1.29, 1.82) is 0 Å². The first kappa shape index (κ1) is 17.5. The van der Waals surface area contributed by atoms with E-state index < -0.39 is 16.1 Å². The van der Waals surface area contributed by atoms with E-state index in [0.29, 0.717) is 6.54 Å². The van der Waals surface area contributed by atoms with Crippen molar-refractivity contribution in [2.75, 3.05) is 18.4 Å². The molecule has 1 aromatic carbocycles. The molecule has 2 amide bonds. The van der Waals surface area contributed by atoms with E-state index >= 15 is 0 Å². The molecule has 1 saturated heterocycles. The zero-order chi connectivity index (χ0) is 19.8. The number of carbonyl (C=O) groups is 1. The molecule has 0 saturated carbocycles. The van der Waals surface area contributed by atoms with Gasteiger partial charge in [-0.1, -0.05) is 6.07 Å². The van der Waals surface area contributed by atoms with Crippen LogP contribution >= 0.6 is 0 Å². The fourth-order valence-corrected chi connectivity index (χ4v) is 6.04. The van der Waals surface area contributed by atoms with Gasteiger partial charge in [0.2, 0.25) is 5.09 Å². The van der Waals surface area contributed by atoms with Gasteiger partial charge in [0.05, 0.1) is 0 Å². The van der Waals surface area contributed by atoms with Gasteiger partial charge in [-0.15, -0.1) is 0 Å². The lowest BCUT2D eigenvalue weighted by atomic mass is 9.76. The van der Waals surface area contributed by atoms with Crippen molar-refractivity contribution in [3.05, 3.63) is 45.7 Å². The number of amides is 2. The number of fused-ring (bicyclic) bond motifs is 4. The second kappa shape index (κ2) is 6.09. The predicted molar refractivity (Wildman–Crippen MR) is 107 cm³/mol. The molecule has 1 aromatic heterocycles. The number of hydrogen-bond donors (Lipinski definition) is 2. The van der Waals surface area contributed by atoms with Crippen molar-refractivity contribution in [3.8, 4) is 0 Å². The first-order valence-corrected chi connectivity index (χ1v) is 11.8. The van der Waals surface area contributed by atoms with Crippen LogP contribution in [0.5, 0.6) is 0 Å². The standard InChI is InChI=1S/C21H23N3O4S/c25-21(22-19-16-3-1-13(16)9-14-2-4-17(14)19)23-29(26,27)18-10-15-11-24-7-5-12(6-8-24)20(15)28-18/h9-10,12H,1-8,11H2,(H2,22,23,25). The Morgan fingerprint density at radius 2 is 1.69 bits per heavy atom. The van der Waals surface area contributed by atoms with E-state index in [1.165, 1.54) is 11.1 Å². The van der Waals surface area contributed by atoms with Crippen LogP contribution < -0.4 is 10.0 Å². The molecule has 152 valence electrons. The number of benzene rings is 1. The van der Waals surface area contributed by atoms with Crippen LogP contribution in [0.15, 0.2) is 21.6 Å². The van der Waals surface area contributed by atoms with Crippen LogP contribution in [-0.2, 0) is 42.3 Å². The van der Waals surface area contributed by atoms with Gasteiger partial charge in [-0.2, -0.15) is 8.42 Å². The van der Waals surface area contributed by atoms with Gasteiger partial charge in [0.1, 0.15) is 5.76 Å². The summed E-state index contributed by atoms with van der Waals surface area (Å²) in [4.78, 5) is 14.9. The molecule has 0 radical (unpaired) electrons. The summed E-state index contributed by atoms with van der Waals surface area (Å²) in [6, 6.07) is 3.08. The van der Waals surface area contributed by atoms with E-state index in [4.69, 9.17) is 4.42 Å². The van der Waals surface area contributed by atoms with Crippen LogP contribution in [0.1, 0.15) is 52.3 Å². The van der Waals surface area contributed by atoms with E-state index in [1.807, 2.05) is 0 Å². The summed E-state index contributed by atoms with van der Waals surface area (Å²) >= 11 is 0. The zero-order valence-electron chi connectivity index (χ0n) is 16.1. The fraction of sp³-hybridized carbons (Fsp3) is 0.476. The Labute approximate surface area is 169 Å². The Morgan fingerprint density at radius 1 is 1.00 bits per heavy atom. The van der Waals surface area contributed by atoms with E-state index in [2.05, 4.69) is 21.0 Å². The maximum atomic E-state index is 12.8. The molecule has 0 spiro atoms. The molecule has 4 heterocycles. The molecule has 29 heavy (non-hydrogen) atoms. The molecule has 2 N–H and O–H groups in total. The lowest BCUT2D eigenvalue weighted by Gasteiger charge is -2.32. The van der Waals surface area contributed by atoms with Crippen LogP contribution in [0.4, 0.5) is 10.5 Å². The van der Waals surface area contributed by atoms with Crippen molar-refractivity contribution in [2.24, 2.45) is 0 Å². The number of aryl methyl sites for hydroxylation is 2.